The van der Waals surface area contributed by atoms with Crippen molar-refractivity contribution in [3.63, 3.8) is 0 Å². The molecule has 0 atom stereocenters. The first kappa shape index (κ1) is 15.2. The minimum absolute atomic E-state index is 0.0261. The van der Waals surface area contributed by atoms with E-state index < -0.39 is 4.92 Å². The van der Waals surface area contributed by atoms with Crippen LogP contribution in [0.1, 0.15) is 11.4 Å². The molecule has 0 bridgehead atoms. The minimum Gasteiger partial charge on any atom is -0.274 e. The fraction of sp³-hybridized carbons (Fsp3) is 0.214. The molecule has 9 heteroatoms. The van der Waals surface area contributed by atoms with E-state index in [0.717, 1.165) is 11.5 Å². The van der Waals surface area contributed by atoms with Gasteiger partial charge in [-0.25, -0.2) is 0 Å². The van der Waals surface area contributed by atoms with Gasteiger partial charge in [0.1, 0.15) is 18.2 Å². The SMILES string of the molecule is Cc1ccc(-n2c(C)nnc2SCn2cc([N+](=O)[O-])cn2)cc1. The van der Waals surface area contributed by atoms with E-state index in [2.05, 4.69) is 15.3 Å². The van der Waals surface area contributed by atoms with Crippen LogP contribution in [0.25, 0.3) is 5.69 Å². The zero-order valence-electron chi connectivity index (χ0n) is 12.6. The molecule has 0 amide bonds. The summed E-state index contributed by atoms with van der Waals surface area (Å²) in [6, 6.07) is 8.07. The molecule has 0 spiro atoms. The van der Waals surface area contributed by atoms with Gasteiger partial charge >= 0.3 is 5.69 Å². The summed E-state index contributed by atoms with van der Waals surface area (Å²) in [5, 5.41) is 23.6. The second-order valence-electron chi connectivity index (χ2n) is 4.97. The van der Waals surface area contributed by atoms with Crippen LogP contribution in [0.3, 0.4) is 0 Å². The molecule has 118 valence electrons. The van der Waals surface area contributed by atoms with Crippen LogP contribution in [0, 0.1) is 24.0 Å². The van der Waals surface area contributed by atoms with Gasteiger partial charge in [0.2, 0.25) is 0 Å². The van der Waals surface area contributed by atoms with Gasteiger partial charge in [-0.2, -0.15) is 5.10 Å². The molecule has 0 fully saturated rings. The molecule has 3 rings (SSSR count). The topological polar surface area (TPSA) is 91.7 Å². The van der Waals surface area contributed by atoms with E-state index in [4.69, 9.17) is 0 Å². The van der Waals surface area contributed by atoms with Crippen LogP contribution in [0.15, 0.2) is 41.8 Å². The molecule has 0 radical (unpaired) electrons. The van der Waals surface area contributed by atoms with Gasteiger partial charge in [-0.1, -0.05) is 29.5 Å². The fourth-order valence-electron chi connectivity index (χ4n) is 2.07. The van der Waals surface area contributed by atoms with E-state index in [1.807, 2.05) is 42.7 Å². The van der Waals surface area contributed by atoms with Gasteiger partial charge in [0.25, 0.3) is 0 Å². The number of nitrogens with zero attached hydrogens (tertiary/aromatic N) is 6. The molecule has 23 heavy (non-hydrogen) atoms. The second-order valence-corrected chi connectivity index (χ2v) is 5.88. The first-order chi connectivity index (χ1) is 11.0. The van der Waals surface area contributed by atoms with Gasteiger partial charge < -0.3 is 0 Å². The monoisotopic (exact) mass is 330 g/mol. The summed E-state index contributed by atoms with van der Waals surface area (Å²) in [6.45, 7) is 3.92. The average molecular weight is 330 g/mol. The Labute approximate surface area is 136 Å². The minimum atomic E-state index is -0.465. The molecule has 0 unspecified atom stereocenters. The zero-order valence-corrected chi connectivity index (χ0v) is 13.4. The number of hydrogen-bond acceptors (Lipinski definition) is 6. The Hall–Kier alpha value is -2.68. The van der Waals surface area contributed by atoms with E-state index in [9.17, 15) is 10.1 Å². The summed E-state index contributed by atoms with van der Waals surface area (Å²) in [5.41, 5.74) is 2.13. The number of aromatic nitrogens is 5. The summed E-state index contributed by atoms with van der Waals surface area (Å²) in [6.07, 6.45) is 2.63. The van der Waals surface area contributed by atoms with Crippen LogP contribution in [0.2, 0.25) is 0 Å². The molecule has 0 aliphatic heterocycles. The first-order valence-electron chi connectivity index (χ1n) is 6.83. The number of rotatable bonds is 5. The quantitative estimate of drug-likeness (QED) is 0.406. The van der Waals surface area contributed by atoms with E-state index in [0.29, 0.717) is 11.0 Å². The molecule has 1 aromatic carbocycles. The van der Waals surface area contributed by atoms with E-state index in [1.54, 1.807) is 0 Å². The summed E-state index contributed by atoms with van der Waals surface area (Å²) in [4.78, 5) is 10.2. The lowest BCUT2D eigenvalue weighted by atomic mass is 10.2. The Bertz CT molecular complexity index is 839. The Morgan fingerprint density at radius 1 is 1.22 bits per heavy atom. The Morgan fingerprint density at radius 3 is 2.61 bits per heavy atom. The molecule has 0 saturated heterocycles. The Kier molecular flexibility index (Phi) is 4.11. The standard InChI is InChI=1S/C14H14N6O2S/c1-10-3-5-12(6-4-10)19-11(2)16-17-14(19)23-9-18-8-13(7-15-18)20(21)22/h3-8H,9H2,1-2H3. The molecule has 0 saturated carbocycles. The highest BCUT2D eigenvalue weighted by atomic mass is 32.2. The summed E-state index contributed by atoms with van der Waals surface area (Å²) < 4.78 is 3.45. The zero-order chi connectivity index (χ0) is 16.4. The molecule has 3 aromatic rings. The fourth-order valence-corrected chi connectivity index (χ4v) is 2.92. The van der Waals surface area contributed by atoms with Crippen molar-refractivity contribution in [3.8, 4) is 5.69 Å². The third kappa shape index (κ3) is 3.24. The lowest BCUT2D eigenvalue weighted by Gasteiger charge is -2.08. The van der Waals surface area contributed by atoms with E-state index in [1.165, 1.54) is 34.4 Å². The smallest absolute Gasteiger partial charge is 0.274 e. The maximum absolute atomic E-state index is 10.7. The van der Waals surface area contributed by atoms with Crippen LogP contribution in [-0.2, 0) is 5.88 Å². The Balaban J connectivity index is 1.81. The van der Waals surface area contributed by atoms with Crippen molar-refractivity contribution in [1.82, 2.24) is 24.5 Å². The molecular formula is C14H14N6O2S. The van der Waals surface area contributed by atoms with Crippen molar-refractivity contribution in [3.05, 3.63) is 58.2 Å². The van der Waals surface area contributed by atoms with Crippen LogP contribution in [0.4, 0.5) is 5.69 Å². The van der Waals surface area contributed by atoms with Gasteiger partial charge in [-0.3, -0.25) is 19.4 Å². The van der Waals surface area contributed by atoms with Gasteiger partial charge in [-0.15, -0.1) is 10.2 Å². The lowest BCUT2D eigenvalue weighted by Crippen LogP contribution is -2.01. The summed E-state index contributed by atoms with van der Waals surface area (Å²) in [5.74, 6) is 1.19. The average Bonchev–Trinajstić information content (AvgIpc) is 3.13. The maximum atomic E-state index is 10.7. The number of benzene rings is 1. The molecule has 0 aliphatic rings. The molecule has 0 aliphatic carbocycles. The molecule has 8 nitrogen and oxygen atoms in total. The predicted molar refractivity (Wildman–Crippen MR) is 85.6 cm³/mol. The summed E-state index contributed by atoms with van der Waals surface area (Å²) in [7, 11) is 0. The van der Waals surface area contributed by atoms with Crippen LogP contribution < -0.4 is 0 Å². The van der Waals surface area contributed by atoms with Gasteiger partial charge in [0.05, 0.1) is 10.8 Å². The summed E-state index contributed by atoms with van der Waals surface area (Å²) >= 11 is 1.41. The molecule has 2 heterocycles. The van der Waals surface area contributed by atoms with E-state index >= 15 is 0 Å². The van der Waals surface area contributed by atoms with Crippen molar-refractivity contribution in [2.45, 2.75) is 24.9 Å². The largest absolute Gasteiger partial charge is 0.307 e. The number of thioether (sulfide) groups is 1. The predicted octanol–water partition coefficient (Wildman–Crippen LogP) is 2.74. The highest BCUT2D eigenvalue weighted by Crippen LogP contribution is 2.23. The highest BCUT2D eigenvalue weighted by molar-refractivity contribution is 7.98. The van der Waals surface area contributed by atoms with Crippen molar-refractivity contribution in [2.24, 2.45) is 0 Å². The number of nitro groups is 1. The highest BCUT2D eigenvalue weighted by Gasteiger charge is 2.13. The lowest BCUT2D eigenvalue weighted by molar-refractivity contribution is -0.385. The third-order valence-corrected chi connectivity index (χ3v) is 4.16. The molecule has 0 N–H and O–H groups in total. The van der Waals surface area contributed by atoms with Crippen LogP contribution in [-0.4, -0.2) is 29.5 Å². The number of hydrogen-bond donors (Lipinski definition) is 0. The van der Waals surface area contributed by atoms with Crippen molar-refractivity contribution < 1.29 is 4.92 Å². The van der Waals surface area contributed by atoms with Gasteiger partial charge in [0.15, 0.2) is 5.16 Å². The van der Waals surface area contributed by atoms with Gasteiger partial charge in [-0.05, 0) is 26.0 Å². The number of aryl methyl sites for hydroxylation is 2. The van der Waals surface area contributed by atoms with Crippen molar-refractivity contribution >= 4 is 17.4 Å². The second kappa shape index (κ2) is 6.21. The molecular weight excluding hydrogens is 316 g/mol. The van der Waals surface area contributed by atoms with Crippen LogP contribution >= 0.6 is 11.8 Å². The van der Waals surface area contributed by atoms with Crippen molar-refractivity contribution in [1.29, 1.82) is 0 Å². The van der Waals surface area contributed by atoms with Gasteiger partial charge in [0, 0.05) is 5.69 Å². The molecule has 2 aromatic heterocycles. The normalized spacial score (nSPS) is 10.9. The third-order valence-electron chi connectivity index (χ3n) is 3.24. The maximum Gasteiger partial charge on any atom is 0.307 e. The van der Waals surface area contributed by atoms with Crippen LogP contribution in [0.5, 0.6) is 0 Å². The van der Waals surface area contributed by atoms with E-state index in [-0.39, 0.29) is 5.69 Å². The Morgan fingerprint density at radius 2 is 1.96 bits per heavy atom. The van der Waals surface area contributed by atoms with Crippen molar-refractivity contribution in [2.75, 3.05) is 0 Å². The first-order valence-corrected chi connectivity index (χ1v) is 7.82.